The monoisotopic (exact) mass is 225 g/mol. The van der Waals surface area contributed by atoms with E-state index < -0.39 is 0 Å². The number of nitrogens with zero attached hydrogens (tertiary/aromatic N) is 2. The van der Waals surface area contributed by atoms with E-state index in [1.54, 1.807) is 0 Å². The van der Waals surface area contributed by atoms with Crippen LogP contribution in [0.15, 0.2) is 12.3 Å². The summed E-state index contributed by atoms with van der Waals surface area (Å²) in [5, 5.41) is 7.87. The van der Waals surface area contributed by atoms with Crippen molar-refractivity contribution in [2.24, 2.45) is 0 Å². The lowest BCUT2D eigenvalue weighted by molar-refractivity contribution is 0.136. The molecule has 0 atom stereocenters. The average molecular weight is 225 g/mol. The Hall–Kier alpha value is -0.870. The Bertz CT molecular complexity index is 301. The van der Waals surface area contributed by atoms with Crippen molar-refractivity contribution >= 4 is 0 Å². The molecule has 4 nitrogen and oxygen atoms in total. The predicted octanol–water partition coefficient (Wildman–Crippen LogP) is 1.81. The Balaban J connectivity index is 2.33. The van der Waals surface area contributed by atoms with Gasteiger partial charge in [-0.15, -0.1) is 0 Å². The van der Waals surface area contributed by atoms with Gasteiger partial charge in [0.05, 0.1) is 18.8 Å². The summed E-state index contributed by atoms with van der Waals surface area (Å²) in [4.78, 5) is 0. The van der Waals surface area contributed by atoms with E-state index in [4.69, 9.17) is 4.74 Å². The molecule has 0 bridgehead atoms. The van der Waals surface area contributed by atoms with Crippen LogP contribution in [-0.2, 0) is 17.8 Å². The highest BCUT2D eigenvalue weighted by atomic mass is 16.5. The first kappa shape index (κ1) is 13.2. The highest BCUT2D eigenvalue weighted by Crippen LogP contribution is 2.02. The Labute approximate surface area is 98.0 Å². The van der Waals surface area contributed by atoms with E-state index in [-0.39, 0.29) is 5.54 Å². The molecule has 0 aromatic carbocycles. The van der Waals surface area contributed by atoms with Gasteiger partial charge in [0.1, 0.15) is 0 Å². The number of rotatable bonds is 6. The standard InChI is InChI=1S/C12H23N3O/c1-5-16-9-8-15-7-6-11(14-15)10-13-12(2,3)4/h6-7,13H,5,8-10H2,1-4H3. The number of aromatic nitrogens is 2. The maximum absolute atomic E-state index is 5.28. The van der Waals surface area contributed by atoms with E-state index in [0.29, 0.717) is 0 Å². The molecule has 0 aliphatic heterocycles. The maximum atomic E-state index is 5.28. The van der Waals surface area contributed by atoms with Crippen LogP contribution in [0.25, 0.3) is 0 Å². The lowest BCUT2D eigenvalue weighted by Gasteiger charge is -2.19. The normalized spacial score (nSPS) is 12.0. The van der Waals surface area contributed by atoms with Crippen LogP contribution in [0.2, 0.25) is 0 Å². The summed E-state index contributed by atoms with van der Waals surface area (Å²) in [7, 11) is 0. The summed E-state index contributed by atoms with van der Waals surface area (Å²) in [5.41, 5.74) is 1.21. The molecule has 1 aromatic heterocycles. The molecular formula is C12H23N3O. The van der Waals surface area contributed by atoms with Crippen molar-refractivity contribution in [3.05, 3.63) is 18.0 Å². The molecule has 0 spiro atoms. The van der Waals surface area contributed by atoms with Gasteiger partial charge in [0, 0.05) is 24.9 Å². The van der Waals surface area contributed by atoms with Gasteiger partial charge in [-0.1, -0.05) is 0 Å². The molecule has 0 amide bonds. The maximum Gasteiger partial charge on any atom is 0.0762 e. The fraction of sp³-hybridized carbons (Fsp3) is 0.750. The zero-order valence-corrected chi connectivity index (χ0v) is 10.8. The summed E-state index contributed by atoms with van der Waals surface area (Å²) >= 11 is 0. The second-order valence-corrected chi connectivity index (χ2v) is 4.87. The molecule has 0 radical (unpaired) electrons. The van der Waals surface area contributed by atoms with Crippen molar-refractivity contribution in [2.75, 3.05) is 13.2 Å². The van der Waals surface area contributed by atoms with Crippen LogP contribution in [0.4, 0.5) is 0 Å². The molecule has 0 unspecified atom stereocenters. The quantitative estimate of drug-likeness (QED) is 0.750. The largest absolute Gasteiger partial charge is 0.380 e. The lowest BCUT2D eigenvalue weighted by atomic mass is 10.1. The van der Waals surface area contributed by atoms with Crippen LogP contribution in [0.3, 0.4) is 0 Å². The van der Waals surface area contributed by atoms with Crippen LogP contribution in [0.5, 0.6) is 0 Å². The first-order valence-electron chi connectivity index (χ1n) is 5.86. The summed E-state index contributed by atoms with van der Waals surface area (Å²) in [6, 6.07) is 2.05. The average Bonchev–Trinajstić information content (AvgIpc) is 2.62. The van der Waals surface area contributed by atoms with Crippen LogP contribution in [0.1, 0.15) is 33.4 Å². The van der Waals surface area contributed by atoms with Gasteiger partial charge in [-0.3, -0.25) is 4.68 Å². The van der Waals surface area contributed by atoms with Gasteiger partial charge in [0.2, 0.25) is 0 Å². The summed E-state index contributed by atoms with van der Waals surface area (Å²) in [5.74, 6) is 0. The fourth-order valence-electron chi connectivity index (χ4n) is 1.28. The van der Waals surface area contributed by atoms with Crippen molar-refractivity contribution in [1.29, 1.82) is 0 Å². The van der Waals surface area contributed by atoms with Gasteiger partial charge in [-0.2, -0.15) is 5.10 Å². The lowest BCUT2D eigenvalue weighted by Crippen LogP contribution is -2.35. The van der Waals surface area contributed by atoms with E-state index >= 15 is 0 Å². The molecule has 1 aromatic rings. The third-order valence-corrected chi connectivity index (χ3v) is 2.16. The molecule has 0 saturated heterocycles. The smallest absolute Gasteiger partial charge is 0.0762 e. The predicted molar refractivity (Wildman–Crippen MR) is 65.3 cm³/mol. The van der Waals surface area contributed by atoms with E-state index in [0.717, 1.165) is 32.0 Å². The first-order chi connectivity index (χ1) is 7.51. The van der Waals surface area contributed by atoms with Crippen LogP contribution in [-0.4, -0.2) is 28.5 Å². The van der Waals surface area contributed by atoms with Gasteiger partial charge in [-0.25, -0.2) is 0 Å². The van der Waals surface area contributed by atoms with Crippen LogP contribution in [0, 0.1) is 0 Å². The SMILES string of the molecule is CCOCCn1ccc(CNC(C)(C)C)n1. The minimum absolute atomic E-state index is 0.134. The van der Waals surface area contributed by atoms with Gasteiger partial charge >= 0.3 is 0 Å². The fourth-order valence-corrected chi connectivity index (χ4v) is 1.28. The minimum atomic E-state index is 0.134. The zero-order chi connectivity index (χ0) is 12.0. The molecule has 0 aliphatic rings. The van der Waals surface area contributed by atoms with Crippen molar-refractivity contribution in [1.82, 2.24) is 15.1 Å². The summed E-state index contributed by atoms with van der Waals surface area (Å²) in [6.07, 6.45) is 2.00. The molecule has 0 saturated carbocycles. The molecule has 1 rings (SSSR count). The number of hydrogen-bond donors (Lipinski definition) is 1. The highest BCUT2D eigenvalue weighted by Gasteiger charge is 2.09. The minimum Gasteiger partial charge on any atom is -0.380 e. The number of hydrogen-bond acceptors (Lipinski definition) is 3. The topological polar surface area (TPSA) is 39.1 Å². The second kappa shape index (κ2) is 6.01. The van der Waals surface area contributed by atoms with E-state index in [1.165, 1.54) is 0 Å². The number of nitrogens with one attached hydrogen (secondary N) is 1. The third kappa shape index (κ3) is 5.28. The molecule has 0 fully saturated rings. The van der Waals surface area contributed by atoms with Crippen molar-refractivity contribution in [3.8, 4) is 0 Å². The Morgan fingerprint density at radius 2 is 2.19 bits per heavy atom. The van der Waals surface area contributed by atoms with Gasteiger partial charge in [0.25, 0.3) is 0 Å². The van der Waals surface area contributed by atoms with Gasteiger partial charge < -0.3 is 10.1 Å². The first-order valence-corrected chi connectivity index (χ1v) is 5.86. The van der Waals surface area contributed by atoms with Crippen LogP contribution >= 0.6 is 0 Å². The van der Waals surface area contributed by atoms with Crippen LogP contribution < -0.4 is 5.32 Å². The van der Waals surface area contributed by atoms with Crippen molar-refractivity contribution in [3.63, 3.8) is 0 Å². The van der Waals surface area contributed by atoms with E-state index in [2.05, 4.69) is 31.2 Å². The second-order valence-electron chi connectivity index (χ2n) is 4.87. The Morgan fingerprint density at radius 3 is 2.81 bits per heavy atom. The zero-order valence-electron chi connectivity index (χ0n) is 10.8. The summed E-state index contributed by atoms with van der Waals surface area (Å²) < 4.78 is 7.21. The molecule has 0 aliphatic carbocycles. The molecule has 1 heterocycles. The molecule has 1 N–H and O–H groups in total. The number of ether oxygens (including phenoxy) is 1. The van der Waals surface area contributed by atoms with Crippen molar-refractivity contribution < 1.29 is 4.74 Å². The van der Waals surface area contributed by atoms with Gasteiger partial charge in [0.15, 0.2) is 0 Å². The summed E-state index contributed by atoms with van der Waals surface area (Å²) in [6.45, 7) is 11.6. The Kier molecular flexibility index (Phi) is 4.96. The molecule has 16 heavy (non-hydrogen) atoms. The third-order valence-electron chi connectivity index (χ3n) is 2.16. The van der Waals surface area contributed by atoms with Gasteiger partial charge in [-0.05, 0) is 33.8 Å². The van der Waals surface area contributed by atoms with E-state index in [9.17, 15) is 0 Å². The Morgan fingerprint density at radius 1 is 1.44 bits per heavy atom. The molecule has 4 heteroatoms. The molecular weight excluding hydrogens is 202 g/mol. The molecule has 92 valence electrons. The van der Waals surface area contributed by atoms with Crippen molar-refractivity contribution in [2.45, 2.75) is 46.3 Å². The van der Waals surface area contributed by atoms with E-state index in [1.807, 2.05) is 23.9 Å². The highest BCUT2D eigenvalue weighted by molar-refractivity contribution is 4.99.